The molecule has 9 heteroatoms. The van der Waals surface area contributed by atoms with E-state index < -0.39 is 0 Å². The Balaban J connectivity index is 0.00000306. The highest BCUT2D eigenvalue weighted by molar-refractivity contribution is 6.33. The van der Waals surface area contributed by atoms with E-state index in [0.717, 1.165) is 48.7 Å². The third kappa shape index (κ3) is 6.33. The summed E-state index contributed by atoms with van der Waals surface area (Å²) < 4.78 is 0. The Kier molecular flexibility index (Phi) is 8.47. The molecular formula is C24H29Cl2N7. The van der Waals surface area contributed by atoms with Gasteiger partial charge >= 0.3 is 0 Å². The van der Waals surface area contributed by atoms with Gasteiger partial charge in [0.15, 0.2) is 0 Å². The molecule has 33 heavy (non-hydrogen) atoms. The fourth-order valence-corrected chi connectivity index (χ4v) is 3.75. The Bertz CT molecular complexity index is 1110. The van der Waals surface area contributed by atoms with Crippen LogP contribution in [0.1, 0.15) is 36.5 Å². The normalized spacial score (nSPS) is 14.2. The van der Waals surface area contributed by atoms with Crippen molar-refractivity contribution in [1.82, 2.24) is 15.0 Å². The van der Waals surface area contributed by atoms with Gasteiger partial charge in [0.2, 0.25) is 17.8 Å². The van der Waals surface area contributed by atoms with Gasteiger partial charge in [-0.2, -0.15) is 20.1 Å². The van der Waals surface area contributed by atoms with Crippen LogP contribution in [0.4, 0.5) is 23.5 Å². The lowest BCUT2D eigenvalue weighted by molar-refractivity contribution is 0.434. The standard InChI is InChI=1S/C24H28ClN7.ClH/c1-16-11-13-32(14-12-16)24-29-22(27-21-10-6-7-17(2)18(21)3)28-23(30-24)31-26-15-19-8-4-5-9-20(19)25;/h4-10,15-16H,11-14H2,1-3H3,(H2,27,28,29,30,31);1H. The van der Waals surface area contributed by atoms with Crippen LogP contribution < -0.4 is 15.6 Å². The second-order valence-corrected chi connectivity index (χ2v) is 8.62. The lowest BCUT2D eigenvalue weighted by Gasteiger charge is -2.30. The van der Waals surface area contributed by atoms with Crippen molar-refractivity contribution in [3.05, 3.63) is 64.2 Å². The molecule has 0 aliphatic carbocycles. The minimum atomic E-state index is 0. The summed E-state index contributed by atoms with van der Waals surface area (Å²) in [6.07, 6.45) is 3.91. The zero-order valence-electron chi connectivity index (χ0n) is 19.0. The minimum absolute atomic E-state index is 0. The zero-order valence-corrected chi connectivity index (χ0v) is 20.6. The van der Waals surface area contributed by atoms with Gasteiger partial charge in [0.25, 0.3) is 0 Å². The van der Waals surface area contributed by atoms with Crippen LogP contribution in [0.3, 0.4) is 0 Å². The van der Waals surface area contributed by atoms with Crippen LogP contribution in [-0.2, 0) is 0 Å². The first-order valence-electron chi connectivity index (χ1n) is 10.9. The SMILES string of the molecule is Cc1cccc(Nc2nc(NN=Cc3ccccc3Cl)nc(N3CCC(C)CC3)n2)c1C.Cl. The van der Waals surface area contributed by atoms with Crippen molar-refractivity contribution in [2.45, 2.75) is 33.6 Å². The summed E-state index contributed by atoms with van der Waals surface area (Å²) in [5.41, 5.74) is 7.09. The van der Waals surface area contributed by atoms with Gasteiger partial charge in [-0.05, 0) is 55.9 Å². The maximum Gasteiger partial charge on any atom is 0.250 e. The summed E-state index contributed by atoms with van der Waals surface area (Å²) in [7, 11) is 0. The van der Waals surface area contributed by atoms with Crippen LogP contribution in [0.15, 0.2) is 47.6 Å². The summed E-state index contributed by atoms with van der Waals surface area (Å²) >= 11 is 6.21. The summed E-state index contributed by atoms with van der Waals surface area (Å²) in [5.74, 6) is 2.23. The average molecular weight is 486 g/mol. The van der Waals surface area contributed by atoms with Gasteiger partial charge < -0.3 is 10.2 Å². The lowest BCUT2D eigenvalue weighted by Crippen LogP contribution is -2.34. The summed E-state index contributed by atoms with van der Waals surface area (Å²) in [5, 5.41) is 8.28. The van der Waals surface area contributed by atoms with E-state index in [1.54, 1.807) is 6.21 Å². The largest absolute Gasteiger partial charge is 0.341 e. The molecule has 3 aromatic rings. The van der Waals surface area contributed by atoms with E-state index >= 15 is 0 Å². The molecule has 1 fully saturated rings. The number of aryl methyl sites for hydroxylation is 1. The molecule has 1 aliphatic heterocycles. The smallest absolute Gasteiger partial charge is 0.250 e. The molecular weight excluding hydrogens is 457 g/mol. The summed E-state index contributed by atoms with van der Waals surface area (Å²) in [6.45, 7) is 8.31. The molecule has 0 bridgehead atoms. The number of nitrogens with zero attached hydrogens (tertiary/aromatic N) is 5. The predicted octanol–water partition coefficient (Wildman–Crippen LogP) is 5.99. The number of benzene rings is 2. The molecule has 0 radical (unpaired) electrons. The Morgan fingerprint density at radius 3 is 2.48 bits per heavy atom. The first-order chi connectivity index (χ1) is 15.5. The number of hydrogen-bond acceptors (Lipinski definition) is 7. The van der Waals surface area contributed by atoms with Crippen molar-refractivity contribution in [2.24, 2.45) is 11.0 Å². The molecule has 1 aromatic heterocycles. The number of anilines is 4. The van der Waals surface area contributed by atoms with Gasteiger partial charge in [-0.1, -0.05) is 48.9 Å². The molecule has 1 aliphatic rings. The van der Waals surface area contributed by atoms with Crippen molar-refractivity contribution in [2.75, 3.05) is 28.7 Å². The van der Waals surface area contributed by atoms with Gasteiger partial charge in [0.1, 0.15) is 0 Å². The second kappa shape index (κ2) is 11.3. The minimum Gasteiger partial charge on any atom is -0.341 e. The van der Waals surface area contributed by atoms with Crippen molar-refractivity contribution < 1.29 is 0 Å². The van der Waals surface area contributed by atoms with Crippen LogP contribution in [0.25, 0.3) is 0 Å². The molecule has 2 heterocycles. The number of halogens is 2. The summed E-state index contributed by atoms with van der Waals surface area (Å²) in [4.78, 5) is 16.1. The highest BCUT2D eigenvalue weighted by Crippen LogP contribution is 2.25. The van der Waals surface area contributed by atoms with E-state index in [0.29, 0.717) is 22.9 Å². The van der Waals surface area contributed by atoms with Crippen LogP contribution in [-0.4, -0.2) is 34.3 Å². The Morgan fingerprint density at radius 2 is 1.73 bits per heavy atom. The van der Waals surface area contributed by atoms with E-state index in [4.69, 9.17) is 16.6 Å². The summed E-state index contributed by atoms with van der Waals surface area (Å²) in [6, 6.07) is 13.7. The third-order valence-corrected chi connectivity index (χ3v) is 6.16. The molecule has 2 N–H and O–H groups in total. The molecule has 174 valence electrons. The molecule has 0 spiro atoms. The first-order valence-corrected chi connectivity index (χ1v) is 11.3. The predicted molar refractivity (Wildman–Crippen MR) is 140 cm³/mol. The van der Waals surface area contributed by atoms with E-state index in [1.807, 2.05) is 36.4 Å². The molecule has 7 nitrogen and oxygen atoms in total. The molecule has 1 saturated heterocycles. The Labute approximate surface area is 206 Å². The van der Waals surface area contributed by atoms with Crippen molar-refractivity contribution >= 4 is 53.8 Å². The van der Waals surface area contributed by atoms with Crippen LogP contribution in [0.2, 0.25) is 5.02 Å². The molecule has 0 unspecified atom stereocenters. The molecule has 4 rings (SSSR count). The third-order valence-electron chi connectivity index (χ3n) is 5.81. The Hall–Kier alpha value is -2.90. The number of nitrogens with one attached hydrogen (secondary N) is 2. The Morgan fingerprint density at radius 1 is 1.00 bits per heavy atom. The first kappa shape index (κ1) is 24.7. The highest BCUT2D eigenvalue weighted by Gasteiger charge is 2.20. The maximum atomic E-state index is 6.21. The van der Waals surface area contributed by atoms with Gasteiger partial charge in [0, 0.05) is 29.4 Å². The van der Waals surface area contributed by atoms with Crippen LogP contribution in [0, 0.1) is 19.8 Å². The van der Waals surface area contributed by atoms with Crippen molar-refractivity contribution in [3.8, 4) is 0 Å². The van der Waals surface area contributed by atoms with Crippen molar-refractivity contribution in [3.63, 3.8) is 0 Å². The molecule has 0 atom stereocenters. The van der Waals surface area contributed by atoms with Crippen molar-refractivity contribution in [1.29, 1.82) is 0 Å². The number of aromatic nitrogens is 3. The average Bonchev–Trinajstić information content (AvgIpc) is 2.79. The van der Waals surface area contributed by atoms with E-state index in [-0.39, 0.29) is 12.4 Å². The lowest BCUT2D eigenvalue weighted by atomic mass is 10.00. The fourth-order valence-electron chi connectivity index (χ4n) is 3.57. The number of piperidine rings is 1. The molecule has 0 saturated carbocycles. The van der Waals surface area contributed by atoms with E-state index in [1.165, 1.54) is 5.56 Å². The van der Waals surface area contributed by atoms with Gasteiger partial charge in [-0.15, -0.1) is 12.4 Å². The second-order valence-electron chi connectivity index (χ2n) is 8.22. The number of rotatable bonds is 6. The zero-order chi connectivity index (χ0) is 22.5. The topological polar surface area (TPSA) is 78.3 Å². The van der Waals surface area contributed by atoms with E-state index in [2.05, 4.69) is 57.5 Å². The van der Waals surface area contributed by atoms with Gasteiger partial charge in [-0.3, -0.25) is 0 Å². The van der Waals surface area contributed by atoms with Gasteiger partial charge in [0.05, 0.1) is 6.21 Å². The van der Waals surface area contributed by atoms with E-state index in [9.17, 15) is 0 Å². The maximum absolute atomic E-state index is 6.21. The van der Waals surface area contributed by atoms with Crippen LogP contribution in [0.5, 0.6) is 0 Å². The fraction of sp³-hybridized carbons (Fsp3) is 0.333. The number of hydrazone groups is 1. The molecule has 0 amide bonds. The molecule has 2 aromatic carbocycles. The highest BCUT2D eigenvalue weighted by atomic mass is 35.5. The monoisotopic (exact) mass is 485 g/mol. The van der Waals surface area contributed by atoms with Gasteiger partial charge in [-0.25, -0.2) is 5.43 Å². The quantitative estimate of drug-likeness (QED) is 0.329. The van der Waals surface area contributed by atoms with Crippen LogP contribution >= 0.6 is 24.0 Å². The number of hydrogen-bond donors (Lipinski definition) is 2.